The molecule has 1 fully saturated rings. The molecule has 0 saturated heterocycles. The first-order valence-electron chi connectivity index (χ1n) is 10.6. The van der Waals surface area contributed by atoms with Gasteiger partial charge in [-0.05, 0) is 50.6 Å². The molecule has 1 aliphatic rings. The van der Waals surface area contributed by atoms with Gasteiger partial charge in [0, 0.05) is 12.1 Å². The van der Waals surface area contributed by atoms with E-state index in [0.717, 1.165) is 38.8 Å². The van der Waals surface area contributed by atoms with E-state index in [2.05, 4.69) is 34.3 Å². The molecule has 1 aromatic carbocycles. The number of nitrogens with one attached hydrogen (secondary N) is 1. The van der Waals surface area contributed by atoms with Crippen molar-refractivity contribution in [3.8, 4) is 0 Å². The van der Waals surface area contributed by atoms with Gasteiger partial charge in [-0.2, -0.15) is 4.98 Å². The summed E-state index contributed by atoms with van der Waals surface area (Å²) in [4.78, 5) is 23.5. The molecule has 0 unspecified atom stereocenters. The van der Waals surface area contributed by atoms with Gasteiger partial charge < -0.3 is 10.6 Å². The van der Waals surface area contributed by atoms with Gasteiger partial charge in [-0.3, -0.25) is 15.2 Å². The summed E-state index contributed by atoms with van der Waals surface area (Å²) in [5, 5.41) is 2.13. The lowest BCUT2D eigenvalue weighted by molar-refractivity contribution is 0.0944. The van der Waals surface area contributed by atoms with Crippen molar-refractivity contribution in [1.82, 2.24) is 20.3 Å². The van der Waals surface area contributed by atoms with E-state index in [0.29, 0.717) is 16.4 Å². The van der Waals surface area contributed by atoms with Crippen LogP contribution in [-0.2, 0) is 6.54 Å². The van der Waals surface area contributed by atoms with Gasteiger partial charge in [-0.15, -0.1) is 0 Å². The third-order valence-corrected chi connectivity index (χ3v) is 5.71. The summed E-state index contributed by atoms with van der Waals surface area (Å²) in [5.74, 6) is 0.378. The maximum absolute atomic E-state index is 13.0. The predicted molar refractivity (Wildman–Crippen MR) is 121 cm³/mol. The van der Waals surface area contributed by atoms with E-state index in [4.69, 9.17) is 17.3 Å². The number of anilines is 2. The Bertz CT molecular complexity index is 838. The molecule has 2 aromatic rings. The lowest BCUT2D eigenvalue weighted by atomic mass is 10.1. The number of rotatable bonds is 9. The minimum Gasteiger partial charge on any atom is -0.368 e. The van der Waals surface area contributed by atoms with Gasteiger partial charge in [0.25, 0.3) is 5.91 Å². The predicted octanol–water partition coefficient (Wildman–Crippen LogP) is 4.04. The highest BCUT2D eigenvalue weighted by Crippen LogP contribution is 2.30. The molecule has 162 valence electrons. The highest BCUT2D eigenvalue weighted by molar-refractivity contribution is 6.32. The van der Waals surface area contributed by atoms with Crippen LogP contribution in [0.15, 0.2) is 30.5 Å². The molecule has 1 heterocycles. The minimum atomic E-state index is -0.193. The second-order valence-electron chi connectivity index (χ2n) is 7.94. The van der Waals surface area contributed by atoms with Crippen molar-refractivity contribution in [1.29, 1.82) is 0 Å². The summed E-state index contributed by atoms with van der Waals surface area (Å²) < 4.78 is 0. The molecule has 0 aliphatic heterocycles. The average Bonchev–Trinajstić information content (AvgIpc) is 3.27. The molecular weight excluding hydrogens is 400 g/mol. The second kappa shape index (κ2) is 10.6. The molecule has 0 atom stereocenters. The lowest BCUT2D eigenvalue weighted by Gasteiger charge is -2.30. The Morgan fingerprint density at radius 3 is 2.63 bits per heavy atom. The first-order valence-corrected chi connectivity index (χ1v) is 11.0. The van der Waals surface area contributed by atoms with E-state index in [9.17, 15) is 4.79 Å². The summed E-state index contributed by atoms with van der Waals surface area (Å²) in [7, 11) is 2.12. The number of halogens is 1. The van der Waals surface area contributed by atoms with Gasteiger partial charge in [-0.1, -0.05) is 49.9 Å². The smallest absolute Gasteiger partial charge is 0.269 e. The van der Waals surface area contributed by atoms with E-state index in [-0.39, 0.29) is 17.9 Å². The zero-order valence-corrected chi connectivity index (χ0v) is 18.5. The Morgan fingerprint density at radius 2 is 1.97 bits per heavy atom. The fraction of sp³-hybridized carbons (Fsp3) is 0.500. The molecule has 0 spiro atoms. The third kappa shape index (κ3) is 5.83. The third-order valence-electron chi connectivity index (χ3n) is 5.45. The van der Waals surface area contributed by atoms with Crippen LogP contribution in [0.3, 0.4) is 0 Å². The number of unbranched alkanes of at least 4 members (excludes halogenated alkanes) is 1. The van der Waals surface area contributed by atoms with Crippen LogP contribution in [0, 0.1) is 0 Å². The summed E-state index contributed by atoms with van der Waals surface area (Å²) in [6.45, 7) is 4.13. The van der Waals surface area contributed by atoms with Gasteiger partial charge in [-0.25, -0.2) is 4.98 Å². The molecule has 0 radical (unpaired) electrons. The average molecular weight is 431 g/mol. The molecule has 3 N–H and O–H groups in total. The Kier molecular flexibility index (Phi) is 7.87. The molecule has 1 saturated carbocycles. The van der Waals surface area contributed by atoms with Gasteiger partial charge in [0.15, 0.2) is 5.82 Å². The normalized spacial score (nSPS) is 14.3. The van der Waals surface area contributed by atoms with Crippen LogP contribution in [0.25, 0.3) is 0 Å². The van der Waals surface area contributed by atoms with E-state index in [1.807, 2.05) is 24.3 Å². The van der Waals surface area contributed by atoms with Crippen molar-refractivity contribution in [2.24, 2.45) is 0 Å². The molecule has 1 aromatic heterocycles. The van der Waals surface area contributed by atoms with E-state index < -0.39 is 0 Å². The maximum atomic E-state index is 13.0. The molecular formula is C22H31ClN6O. The number of nitrogens with zero attached hydrogens (tertiary/aromatic N) is 4. The first kappa shape index (κ1) is 22.3. The van der Waals surface area contributed by atoms with Crippen LogP contribution in [-0.4, -0.2) is 40.4 Å². The van der Waals surface area contributed by atoms with E-state index >= 15 is 0 Å². The molecule has 7 nitrogen and oxygen atoms in total. The van der Waals surface area contributed by atoms with Crippen molar-refractivity contribution in [3.63, 3.8) is 0 Å². The van der Waals surface area contributed by atoms with Crippen molar-refractivity contribution < 1.29 is 4.79 Å². The largest absolute Gasteiger partial charge is 0.368 e. The number of aromatic nitrogens is 2. The standard InChI is InChI=1S/C22H31ClN6O/c1-3-4-13-28(2)15-16-9-11-17(12-10-16)21(30)27-29(18-7-5-6-8-18)20-19(23)14-25-22(24)26-20/h9-12,14,18H,3-8,13,15H2,1-2H3,(H,27,30)(H2,24,25,26). The number of hydrogen-bond acceptors (Lipinski definition) is 6. The van der Waals surface area contributed by atoms with Crippen LogP contribution >= 0.6 is 11.6 Å². The number of amides is 1. The fourth-order valence-electron chi connectivity index (χ4n) is 3.77. The first-order chi connectivity index (χ1) is 14.5. The molecule has 30 heavy (non-hydrogen) atoms. The number of carbonyl (C=O) groups excluding carboxylic acids is 1. The zero-order chi connectivity index (χ0) is 21.5. The summed E-state index contributed by atoms with van der Waals surface area (Å²) >= 11 is 6.33. The molecule has 3 rings (SSSR count). The molecule has 8 heteroatoms. The quantitative estimate of drug-likeness (QED) is 0.584. The van der Waals surface area contributed by atoms with E-state index in [1.165, 1.54) is 24.6 Å². The maximum Gasteiger partial charge on any atom is 0.269 e. The summed E-state index contributed by atoms with van der Waals surface area (Å²) in [6.07, 6.45) is 7.97. The Balaban J connectivity index is 1.72. The van der Waals surface area contributed by atoms with Crippen LogP contribution in [0.4, 0.5) is 11.8 Å². The van der Waals surface area contributed by atoms with Crippen LogP contribution in [0.5, 0.6) is 0 Å². The SMILES string of the molecule is CCCCN(C)Cc1ccc(C(=O)NN(c2nc(N)ncc2Cl)C2CCCC2)cc1. The van der Waals surface area contributed by atoms with Gasteiger partial charge in [0.1, 0.15) is 5.02 Å². The Hall–Kier alpha value is -2.38. The van der Waals surface area contributed by atoms with Crippen LogP contribution in [0.1, 0.15) is 61.4 Å². The van der Waals surface area contributed by atoms with Crippen molar-refractivity contribution in [2.45, 2.75) is 58.0 Å². The molecule has 0 bridgehead atoms. The molecule has 1 aliphatic carbocycles. The Morgan fingerprint density at radius 1 is 1.27 bits per heavy atom. The monoisotopic (exact) mass is 430 g/mol. The van der Waals surface area contributed by atoms with Crippen molar-refractivity contribution in [2.75, 3.05) is 24.3 Å². The zero-order valence-electron chi connectivity index (χ0n) is 17.8. The van der Waals surface area contributed by atoms with Gasteiger partial charge in [0.05, 0.1) is 12.2 Å². The fourth-order valence-corrected chi connectivity index (χ4v) is 3.96. The number of carbonyl (C=O) groups is 1. The highest BCUT2D eigenvalue weighted by atomic mass is 35.5. The number of nitrogens with two attached hydrogens (primary N) is 1. The minimum absolute atomic E-state index is 0.128. The van der Waals surface area contributed by atoms with Gasteiger partial charge in [0.2, 0.25) is 5.95 Å². The number of nitrogen functional groups attached to an aromatic ring is 1. The van der Waals surface area contributed by atoms with Gasteiger partial charge >= 0.3 is 0 Å². The number of benzene rings is 1. The van der Waals surface area contributed by atoms with Crippen molar-refractivity contribution >= 4 is 29.3 Å². The van der Waals surface area contributed by atoms with Crippen molar-refractivity contribution in [3.05, 3.63) is 46.6 Å². The number of hydrogen-bond donors (Lipinski definition) is 2. The summed E-state index contributed by atoms with van der Waals surface area (Å²) in [6, 6.07) is 7.87. The second-order valence-corrected chi connectivity index (χ2v) is 8.34. The Labute approximate surface area is 183 Å². The topological polar surface area (TPSA) is 87.4 Å². The highest BCUT2D eigenvalue weighted by Gasteiger charge is 2.28. The lowest BCUT2D eigenvalue weighted by Crippen LogP contribution is -2.48. The van der Waals surface area contributed by atoms with E-state index in [1.54, 1.807) is 5.01 Å². The van der Waals surface area contributed by atoms with Crippen LogP contribution < -0.4 is 16.2 Å². The number of hydrazine groups is 1. The molecule has 1 amide bonds. The summed E-state index contributed by atoms with van der Waals surface area (Å²) in [5.41, 5.74) is 10.5. The van der Waals surface area contributed by atoms with Crippen LogP contribution in [0.2, 0.25) is 5.02 Å².